The Kier molecular flexibility index (Phi) is 5.66. The largest absolute Gasteiger partial charge is 0.478 e. The van der Waals surface area contributed by atoms with Crippen LogP contribution in [0.25, 0.3) is 0 Å². The van der Waals surface area contributed by atoms with E-state index in [0.717, 1.165) is 48.5 Å². The van der Waals surface area contributed by atoms with Crippen molar-refractivity contribution in [1.29, 1.82) is 0 Å². The van der Waals surface area contributed by atoms with Gasteiger partial charge in [-0.1, -0.05) is 26.0 Å². The summed E-state index contributed by atoms with van der Waals surface area (Å²) in [5, 5.41) is 9.50. The summed E-state index contributed by atoms with van der Waals surface area (Å²) in [6.45, 7) is 8.92. The average Bonchev–Trinajstić information content (AvgIpc) is 2.85. The van der Waals surface area contributed by atoms with Crippen LogP contribution in [0.3, 0.4) is 0 Å². The van der Waals surface area contributed by atoms with Crippen molar-refractivity contribution in [3.63, 3.8) is 0 Å². The van der Waals surface area contributed by atoms with Crippen LogP contribution in [0.1, 0.15) is 65.4 Å². The molecule has 0 spiro atoms. The molecule has 1 aliphatic carbocycles. The summed E-state index contributed by atoms with van der Waals surface area (Å²) in [5.74, 6) is -0.943. The van der Waals surface area contributed by atoms with Gasteiger partial charge in [0.1, 0.15) is 0 Å². The van der Waals surface area contributed by atoms with Crippen LogP contribution in [-0.4, -0.2) is 44.0 Å². The maximum absolute atomic E-state index is 11.6. The lowest BCUT2D eigenvalue weighted by Gasteiger charge is -2.39. The van der Waals surface area contributed by atoms with Crippen molar-refractivity contribution in [3.05, 3.63) is 88.0 Å². The molecule has 1 aliphatic heterocycles. The molecule has 0 radical (unpaired) electrons. The Morgan fingerprint density at radius 2 is 1.83 bits per heavy atom. The van der Waals surface area contributed by atoms with E-state index < -0.39 is 5.97 Å². The van der Waals surface area contributed by atoms with Gasteiger partial charge in [-0.3, -0.25) is 0 Å². The minimum absolute atomic E-state index is 0.204. The molecule has 5 rings (SSSR count). The summed E-state index contributed by atoms with van der Waals surface area (Å²) in [5.41, 5.74) is 10.2. The zero-order valence-corrected chi connectivity index (χ0v) is 21.2. The molecule has 5 heteroatoms. The first-order valence-corrected chi connectivity index (χ1v) is 12.4. The topological polar surface area (TPSA) is 56.1 Å². The zero-order chi connectivity index (χ0) is 24.9. The highest BCUT2D eigenvalue weighted by molar-refractivity contribution is 6.18. The van der Waals surface area contributed by atoms with Crippen molar-refractivity contribution >= 4 is 28.7 Å². The van der Waals surface area contributed by atoms with E-state index in [1.807, 2.05) is 6.07 Å². The van der Waals surface area contributed by atoms with E-state index in [4.69, 9.17) is 4.99 Å². The Labute approximate surface area is 207 Å². The normalized spacial score (nSPS) is 16.9. The molecule has 0 saturated heterocycles. The van der Waals surface area contributed by atoms with Gasteiger partial charge >= 0.3 is 5.97 Å². The zero-order valence-electron chi connectivity index (χ0n) is 21.2. The summed E-state index contributed by atoms with van der Waals surface area (Å²) in [6, 6.07) is 18.2. The molecule has 0 aromatic heterocycles. The predicted molar refractivity (Wildman–Crippen MR) is 144 cm³/mol. The van der Waals surface area contributed by atoms with Crippen molar-refractivity contribution in [3.8, 4) is 0 Å². The quantitative estimate of drug-likeness (QED) is 0.509. The third kappa shape index (κ3) is 3.89. The SMILES string of the molecule is CCN1CCCc2cc3c(cc21)C(C)(C)c1cc(N(C)C)ccc1C3=Nc1cccc(C(=O)O)c1. The van der Waals surface area contributed by atoms with E-state index in [1.165, 1.54) is 22.4 Å². The van der Waals surface area contributed by atoms with Crippen molar-refractivity contribution in [1.82, 2.24) is 0 Å². The Morgan fingerprint density at radius 3 is 2.54 bits per heavy atom. The number of benzene rings is 3. The lowest BCUT2D eigenvalue weighted by Crippen LogP contribution is -2.34. The smallest absolute Gasteiger partial charge is 0.335 e. The van der Waals surface area contributed by atoms with E-state index in [9.17, 15) is 9.90 Å². The van der Waals surface area contributed by atoms with Gasteiger partial charge < -0.3 is 14.9 Å². The van der Waals surface area contributed by atoms with Crippen LogP contribution in [-0.2, 0) is 11.8 Å². The fourth-order valence-electron chi connectivity index (χ4n) is 5.53. The second-order valence-electron chi connectivity index (χ2n) is 10.3. The highest BCUT2D eigenvalue weighted by atomic mass is 16.4. The van der Waals surface area contributed by atoms with E-state index in [1.54, 1.807) is 18.2 Å². The molecule has 3 aromatic rings. The van der Waals surface area contributed by atoms with Gasteiger partial charge in [0, 0.05) is 55.1 Å². The second kappa shape index (κ2) is 8.56. The number of aromatic carboxylic acids is 1. The number of anilines is 2. The Hall–Kier alpha value is -3.60. The third-order valence-electron chi connectivity index (χ3n) is 7.53. The molecule has 0 fully saturated rings. The number of hydrogen-bond donors (Lipinski definition) is 1. The van der Waals surface area contributed by atoms with Crippen LogP contribution < -0.4 is 9.80 Å². The van der Waals surface area contributed by atoms with Crippen LogP contribution in [0.2, 0.25) is 0 Å². The number of carboxylic acid groups (broad SMARTS) is 1. The number of carbonyl (C=O) groups is 1. The average molecular weight is 468 g/mol. The van der Waals surface area contributed by atoms with Crippen LogP contribution in [0.5, 0.6) is 0 Å². The molecule has 0 unspecified atom stereocenters. The number of aliphatic imine (C=N–C) groups is 1. The van der Waals surface area contributed by atoms with Gasteiger partial charge in [0.2, 0.25) is 0 Å². The molecule has 0 bridgehead atoms. The molecule has 0 saturated carbocycles. The maximum atomic E-state index is 11.6. The molecule has 2 aliphatic rings. The van der Waals surface area contributed by atoms with Crippen molar-refractivity contribution < 1.29 is 9.90 Å². The van der Waals surface area contributed by atoms with Crippen molar-refractivity contribution in [2.75, 3.05) is 37.0 Å². The minimum atomic E-state index is -0.943. The molecule has 180 valence electrons. The molecule has 1 N–H and O–H groups in total. The number of fused-ring (bicyclic) bond motifs is 3. The summed E-state index contributed by atoms with van der Waals surface area (Å²) in [7, 11) is 4.13. The summed E-state index contributed by atoms with van der Waals surface area (Å²) in [6.07, 6.45) is 2.21. The van der Waals surface area contributed by atoms with Crippen molar-refractivity contribution in [2.24, 2.45) is 4.99 Å². The molecule has 35 heavy (non-hydrogen) atoms. The molecular weight excluding hydrogens is 434 g/mol. The Balaban J connectivity index is 1.79. The third-order valence-corrected chi connectivity index (χ3v) is 7.53. The summed E-state index contributed by atoms with van der Waals surface area (Å²) in [4.78, 5) is 21.3. The van der Waals surface area contributed by atoms with Crippen LogP contribution in [0.4, 0.5) is 17.1 Å². The van der Waals surface area contributed by atoms with E-state index in [2.05, 4.69) is 75.0 Å². The molecule has 0 amide bonds. The first kappa shape index (κ1) is 23.2. The molecule has 3 aromatic carbocycles. The number of carboxylic acids is 1. The number of aryl methyl sites for hydroxylation is 1. The Bertz CT molecular complexity index is 1350. The highest BCUT2D eigenvalue weighted by Gasteiger charge is 2.37. The van der Waals surface area contributed by atoms with Gasteiger partial charge in [-0.05, 0) is 78.9 Å². The second-order valence-corrected chi connectivity index (χ2v) is 10.3. The number of nitrogens with zero attached hydrogens (tertiary/aromatic N) is 3. The number of hydrogen-bond acceptors (Lipinski definition) is 4. The van der Waals surface area contributed by atoms with Gasteiger partial charge in [-0.2, -0.15) is 0 Å². The van der Waals surface area contributed by atoms with Crippen LogP contribution in [0, 0.1) is 0 Å². The first-order chi connectivity index (χ1) is 16.7. The fraction of sp³-hybridized carbons (Fsp3) is 0.333. The first-order valence-electron chi connectivity index (χ1n) is 12.4. The monoisotopic (exact) mass is 467 g/mol. The van der Waals surface area contributed by atoms with Gasteiger partial charge in [0.25, 0.3) is 0 Å². The minimum Gasteiger partial charge on any atom is -0.478 e. The van der Waals surface area contributed by atoms with Gasteiger partial charge in [0.15, 0.2) is 0 Å². The van der Waals surface area contributed by atoms with Crippen LogP contribution in [0.15, 0.2) is 59.6 Å². The van der Waals surface area contributed by atoms with Crippen molar-refractivity contribution in [2.45, 2.75) is 39.0 Å². The molecule has 5 nitrogen and oxygen atoms in total. The van der Waals surface area contributed by atoms with E-state index in [-0.39, 0.29) is 11.0 Å². The highest BCUT2D eigenvalue weighted by Crippen LogP contribution is 2.46. The van der Waals surface area contributed by atoms with Gasteiger partial charge in [-0.25, -0.2) is 9.79 Å². The fourth-order valence-corrected chi connectivity index (χ4v) is 5.53. The maximum Gasteiger partial charge on any atom is 0.335 e. The Morgan fingerprint density at radius 1 is 1.06 bits per heavy atom. The van der Waals surface area contributed by atoms with E-state index in [0.29, 0.717) is 5.69 Å². The van der Waals surface area contributed by atoms with Crippen LogP contribution >= 0.6 is 0 Å². The molecule has 0 atom stereocenters. The van der Waals surface area contributed by atoms with E-state index >= 15 is 0 Å². The number of rotatable bonds is 4. The van der Waals surface area contributed by atoms with Gasteiger partial charge in [-0.15, -0.1) is 0 Å². The summed E-state index contributed by atoms with van der Waals surface area (Å²) < 4.78 is 0. The van der Waals surface area contributed by atoms with Gasteiger partial charge in [0.05, 0.1) is 17.0 Å². The summed E-state index contributed by atoms with van der Waals surface area (Å²) >= 11 is 0. The lowest BCUT2D eigenvalue weighted by atomic mass is 9.67. The predicted octanol–water partition coefficient (Wildman–Crippen LogP) is 6.03. The molecular formula is C30H33N3O2. The lowest BCUT2D eigenvalue weighted by molar-refractivity contribution is 0.0697. The molecule has 1 heterocycles. The standard InChI is InChI=1S/C30H33N3O2/c1-6-33-14-8-10-19-16-24-26(18-27(19)33)30(2,3)25-17-22(32(4)5)12-13-23(25)28(24)31-21-11-7-9-20(15-21)29(34)35/h7,9,11-13,15-18H,6,8,10,14H2,1-5H3,(H,34,35).